The van der Waals surface area contributed by atoms with Gasteiger partial charge in [-0.15, -0.1) is 0 Å². The Balaban J connectivity index is 1.64. The third-order valence-corrected chi connectivity index (χ3v) is 4.39. The van der Waals surface area contributed by atoms with Crippen LogP contribution in [0.2, 0.25) is 0 Å². The fraction of sp³-hybridized carbons (Fsp3) is 0.400. The molecule has 1 aliphatic heterocycles. The summed E-state index contributed by atoms with van der Waals surface area (Å²) in [5.74, 6) is 2.36. The van der Waals surface area contributed by atoms with Crippen LogP contribution >= 0.6 is 0 Å². The Bertz CT molecular complexity index is 606. The van der Waals surface area contributed by atoms with E-state index in [0.717, 1.165) is 42.5 Å². The number of ether oxygens (including phenoxy) is 2. The summed E-state index contributed by atoms with van der Waals surface area (Å²) in [6, 6.07) is 16.5. The van der Waals surface area contributed by atoms with Crippen LogP contribution in [0.4, 0.5) is 0 Å². The molecule has 1 atom stereocenters. The highest BCUT2D eigenvalue weighted by Gasteiger charge is 2.15. The number of hydrogen-bond donors (Lipinski definition) is 1. The highest BCUT2D eigenvalue weighted by atomic mass is 16.5. The summed E-state index contributed by atoms with van der Waals surface area (Å²) in [5.41, 5.74) is 2.48. The standard InChI is InChI=1S/C20H25NO2/c1-22-20-13-17(12-18-8-5-11-21-14-18)9-10-19(20)23-15-16-6-3-2-4-7-16/h2-4,6-7,9-10,13,18,21H,5,8,11-12,14-15H2,1H3. The van der Waals surface area contributed by atoms with Gasteiger partial charge in [0.1, 0.15) is 6.61 Å². The molecule has 0 radical (unpaired) electrons. The average Bonchev–Trinajstić information content (AvgIpc) is 2.62. The summed E-state index contributed by atoms with van der Waals surface area (Å²) in [6.07, 6.45) is 3.68. The Morgan fingerprint density at radius 2 is 1.91 bits per heavy atom. The Morgan fingerprint density at radius 1 is 1.04 bits per heavy atom. The SMILES string of the molecule is COc1cc(CC2CCCNC2)ccc1OCc1ccccc1. The number of piperidine rings is 1. The molecule has 1 heterocycles. The van der Waals surface area contributed by atoms with Gasteiger partial charge in [-0.25, -0.2) is 0 Å². The normalized spacial score (nSPS) is 17.7. The summed E-state index contributed by atoms with van der Waals surface area (Å²) in [6.45, 7) is 2.84. The molecule has 1 aliphatic rings. The lowest BCUT2D eigenvalue weighted by atomic mass is 9.92. The molecule has 0 spiro atoms. The maximum Gasteiger partial charge on any atom is 0.161 e. The molecule has 1 saturated heterocycles. The molecule has 3 heteroatoms. The largest absolute Gasteiger partial charge is 0.493 e. The number of methoxy groups -OCH3 is 1. The molecule has 0 saturated carbocycles. The lowest BCUT2D eigenvalue weighted by molar-refractivity contribution is 0.284. The average molecular weight is 311 g/mol. The van der Waals surface area contributed by atoms with Crippen molar-refractivity contribution in [2.24, 2.45) is 5.92 Å². The lowest BCUT2D eigenvalue weighted by Crippen LogP contribution is -2.30. The maximum absolute atomic E-state index is 5.92. The van der Waals surface area contributed by atoms with Crippen molar-refractivity contribution >= 4 is 0 Å². The van der Waals surface area contributed by atoms with E-state index in [-0.39, 0.29) is 0 Å². The van der Waals surface area contributed by atoms with Crippen molar-refractivity contribution < 1.29 is 9.47 Å². The van der Waals surface area contributed by atoms with Gasteiger partial charge in [0.15, 0.2) is 11.5 Å². The molecule has 1 N–H and O–H groups in total. The van der Waals surface area contributed by atoms with Crippen LogP contribution in [-0.2, 0) is 13.0 Å². The van der Waals surface area contributed by atoms with Gasteiger partial charge in [0.2, 0.25) is 0 Å². The lowest BCUT2D eigenvalue weighted by Gasteiger charge is -2.23. The second-order valence-electron chi connectivity index (χ2n) is 6.18. The Morgan fingerprint density at radius 3 is 2.65 bits per heavy atom. The van der Waals surface area contributed by atoms with Crippen molar-refractivity contribution in [1.29, 1.82) is 0 Å². The summed E-state index contributed by atoms with van der Waals surface area (Å²) in [5, 5.41) is 3.48. The van der Waals surface area contributed by atoms with Crippen molar-refractivity contribution in [2.45, 2.75) is 25.9 Å². The highest BCUT2D eigenvalue weighted by Crippen LogP contribution is 2.30. The number of nitrogens with one attached hydrogen (secondary N) is 1. The topological polar surface area (TPSA) is 30.5 Å². The molecule has 2 aromatic rings. The van der Waals surface area contributed by atoms with Gasteiger partial charge in [-0.05, 0) is 61.5 Å². The van der Waals surface area contributed by atoms with Crippen LogP contribution in [0.1, 0.15) is 24.0 Å². The maximum atomic E-state index is 5.92. The van der Waals surface area contributed by atoms with Crippen molar-refractivity contribution in [3.63, 3.8) is 0 Å². The van der Waals surface area contributed by atoms with Gasteiger partial charge in [0, 0.05) is 0 Å². The summed E-state index contributed by atoms with van der Waals surface area (Å²) >= 11 is 0. The third kappa shape index (κ3) is 4.49. The minimum Gasteiger partial charge on any atom is -0.493 e. The Kier molecular flexibility index (Phi) is 5.54. The number of rotatable bonds is 6. The number of benzene rings is 2. The van der Waals surface area contributed by atoms with Crippen LogP contribution in [-0.4, -0.2) is 20.2 Å². The Labute approximate surface area is 138 Å². The second kappa shape index (κ2) is 8.02. The van der Waals surface area contributed by atoms with E-state index in [9.17, 15) is 0 Å². The first kappa shape index (κ1) is 15.9. The van der Waals surface area contributed by atoms with Gasteiger partial charge in [-0.3, -0.25) is 0 Å². The van der Waals surface area contributed by atoms with E-state index in [4.69, 9.17) is 9.47 Å². The summed E-state index contributed by atoms with van der Waals surface area (Å²) < 4.78 is 11.4. The molecule has 1 fully saturated rings. The fourth-order valence-electron chi connectivity index (χ4n) is 3.13. The van der Waals surface area contributed by atoms with Crippen LogP contribution in [0.15, 0.2) is 48.5 Å². The van der Waals surface area contributed by atoms with Gasteiger partial charge in [0.05, 0.1) is 7.11 Å². The summed E-state index contributed by atoms with van der Waals surface area (Å²) in [7, 11) is 1.71. The molecule has 0 aliphatic carbocycles. The molecule has 23 heavy (non-hydrogen) atoms. The van der Waals surface area contributed by atoms with E-state index in [2.05, 4.69) is 29.6 Å². The van der Waals surface area contributed by atoms with Crippen LogP contribution in [0.3, 0.4) is 0 Å². The van der Waals surface area contributed by atoms with Gasteiger partial charge in [-0.1, -0.05) is 36.4 Å². The molecule has 2 aromatic carbocycles. The first-order chi connectivity index (χ1) is 11.3. The zero-order valence-electron chi connectivity index (χ0n) is 13.8. The van der Waals surface area contributed by atoms with Crippen molar-refractivity contribution in [2.75, 3.05) is 20.2 Å². The van der Waals surface area contributed by atoms with Crippen LogP contribution in [0.5, 0.6) is 11.5 Å². The van der Waals surface area contributed by atoms with Crippen LogP contribution < -0.4 is 14.8 Å². The van der Waals surface area contributed by atoms with E-state index in [0.29, 0.717) is 6.61 Å². The zero-order valence-corrected chi connectivity index (χ0v) is 13.8. The highest BCUT2D eigenvalue weighted by molar-refractivity contribution is 5.43. The molecule has 0 aromatic heterocycles. The molecular formula is C20H25NO2. The van der Waals surface area contributed by atoms with Crippen LogP contribution in [0.25, 0.3) is 0 Å². The number of hydrogen-bond acceptors (Lipinski definition) is 3. The van der Waals surface area contributed by atoms with Gasteiger partial charge < -0.3 is 14.8 Å². The predicted molar refractivity (Wildman–Crippen MR) is 93.1 cm³/mol. The molecule has 0 amide bonds. The summed E-state index contributed by atoms with van der Waals surface area (Å²) in [4.78, 5) is 0. The van der Waals surface area contributed by atoms with E-state index in [1.165, 1.54) is 18.4 Å². The molecule has 0 bridgehead atoms. The quantitative estimate of drug-likeness (QED) is 0.880. The van der Waals surface area contributed by atoms with E-state index in [1.807, 2.05) is 24.3 Å². The minimum atomic E-state index is 0.559. The monoisotopic (exact) mass is 311 g/mol. The zero-order chi connectivity index (χ0) is 15.9. The van der Waals surface area contributed by atoms with E-state index < -0.39 is 0 Å². The Hall–Kier alpha value is -2.00. The van der Waals surface area contributed by atoms with Gasteiger partial charge in [-0.2, -0.15) is 0 Å². The molecular weight excluding hydrogens is 286 g/mol. The van der Waals surface area contributed by atoms with Crippen LogP contribution in [0, 0.1) is 5.92 Å². The van der Waals surface area contributed by atoms with Crippen molar-refractivity contribution in [3.05, 3.63) is 59.7 Å². The molecule has 122 valence electrons. The molecule has 3 rings (SSSR count). The second-order valence-corrected chi connectivity index (χ2v) is 6.18. The van der Waals surface area contributed by atoms with Crippen molar-refractivity contribution in [3.8, 4) is 11.5 Å². The predicted octanol–water partition coefficient (Wildman–Crippen LogP) is 3.82. The fourth-order valence-corrected chi connectivity index (χ4v) is 3.13. The van der Waals surface area contributed by atoms with E-state index >= 15 is 0 Å². The first-order valence-electron chi connectivity index (χ1n) is 8.39. The third-order valence-electron chi connectivity index (χ3n) is 4.39. The molecule has 3 nitrogen and oxygen atoms in total. The molecule has 1 unspecified atom stereocenters. The van der Waals surface area contributed by atoms with Crippen molar-refractivity contribution in [1.82, 2.24) is 5.32 Å². The van der Waals surface area contributed by atoms with E-state index in [1.54, 1.807) is 7.11 Å². The van der Waals surface area contributed by atoms with Gasteiger partial charge >= 0.3 is 0 Å². The smallest absolute Gasteiger partial charge is 0.161 e. The van der Waals surface area contributed by atoms with Gasteiger partial charge in [0.25, 0.3) is 0 Å². The minimum absolute atomic E-state index is 0.559. The first-order valence-corrected chi connectivity index (χ1v) is 8.39.